The van der Waals surface area contributed by atoms with Gasteiger partial charge in [-0.25, -0.2) is 4.98 Å². The molecule has 3 rings (SSSR count). The van der Waals surface area contributed by atoms with Crippen LogP contribution in [0.25, 0.3) is 5.65 Å². The molecule has 0 unspecified atom stereocenters. The summed E-state index contributed by atoms with van der Waals surface area (Å²) in [6.07, 6.45) is 5.27. The Hall–Kier alpha value is -2.86. The van der Waals surface area contributed by atoms with Crippen molar-refractivity contribution in [1.29, 1.82) is 0 Å². The first-order chi connectivity index (χ1) is 12.2. The third kappa shape index (κ3) is 3.97. The highest BCUT2D eigenvalue weighted by Gasteiger charge is 2.16. The molecule has 0 fully saturated rings. The van der Waals surface area contributed by atoms with E-state index in [-0.39, 0.29) is 11.9 Å². The highest BCUT2D eigenvalue weighted by molar-refractivity contribution is 5.94. The third-order valence-corrected chi connectivity index (χ3v) is 3.88. The lowest BCUT2D eigenvalue weighted by Gasteiger charge is -2.19. The van der Waals surface area contributed by atoms with Gasteiger partial charge >= 0.3 is 0 Å². The quantitative estimate of drug-likeness (QED) is 0.719. The SMILES string of the molecule is CCOc1ccc([C@H](COC)NC(=O)c2ccc3nccn3c2)cc1. The first kappa shape index (κ1) is 17.0. The Labute approximate surface area is 146 Å². The van der Waals surface area contributed by atoms with Gasteiger partial charge in [-0.3, -0.25) is 4.79 Å². The largest absolute Gasteiger partial charge is 0.494 e. The molecule has 6 heteroatoms. The fraction of sp³-hybridized carbons (Fsp3) is 0.263. The predicted octanol–water partition coefficient (Wildman–Crippen LogP) is 2.85. The van der Waals surface area contributed by atoms with Gasteiger partial charge in [-0.15, -0.1) is 0 Å². The van der Waals surface area contributed by atoms with Crippen LogP contribution in [0.15, 0.2) is 55.0 Å². The molecule has 0 radical (unpaired) electrons. The lowest BCUT2D eigenvalue weighted by molar-refractivity contribution is 0.0896. The van der Waals surface area contributed by atoms with Gasteiger partial charge in [-0.05, 0) is 36.8 Å². The molecule has 0 saturated heterocycles. The molecular formula is C19H21N3O3. The number of rotatable bonds is 7. The van der Waals surface area contributed by atoms with Crippen molar-refractivity contribution in [2.24, 2.45) is 0 Å². The lowest BCUT2D eigenvalue weighted by Crippen LogP contribution is -2.31. The fourth-order valence-electron chi connectivity index (χ4n) is 2.65. The van der Waals surface area contributed by atoms with Gasteiger partial charge in [0.2, 0.25) is 0 Å². The number of pyridine rings is 1. The molecule has 25 heavy (non-hydrogen) atoms. The zero-order valence-electron chi connectivity index (χ0n) is 14.3. The van der Waals surface area contributed by atoms with Crippen molar-refractivity contribution in [1.82, 2.24) is 14.7 Å². The van der Waals surface area contributed by atoms with E-state index < -0.39 is 0 Å². The topological polar surface area (TPSA) is 64.9 Å². The van der Waals surface area contributed by atoms with E-state index in [0.29, 0.717) is 18.8 Å². The van der Waals surface area contributed by atoms with Crippen molar-refractivity contribution in [2.75, 3.05) is 20.3 Å². The van der Waals surface area contributed by atoms with Crippen molar-refractivity contribution in [3.8, 4) is 5.75 Å². The maximum atomic E-state index is 12.6. The van der Waals surface area contributed by atoms with Crippen molar-refractivity contribution in [3.63, 3.8) is 0 Å². The number of ether oxygens (including phenoxy) is 2. The number of fused-ring (bicyclic) bond motifs is 1. The Morgan fingerprint density at radius 1 is 1.24 bits per heavy atom. The monoisotopic (exact) mass is 339 g/mol. The Bertz CT molecular complexity index is 843. The van der Waals surface area contributed by atoms with E-state index in [1.165, 1.54) is 0 Å². The number of carbonyl (C=O) groups excluding carboxylic acids is 1. The molecule has 2 aromatic heterocycles. The van der Waals surface area contributed by atoms with E-state index in [1.807, 2.05) is 47.9 Å². The molecule has 1 N–H and O–H groups in total. The van der Waals surface area contributed by atoms with Crippen LogP contribution in [0.1, 0.15) is 28.9 Å². The van der Waals surface area contributed by atoms with Gasteiger partial charge in [0.25, 0.3) is 5.91 Å². The third-order valence-electron chi connectivity index (χ3n) is 3.88. The van der Waals surface area contributed by atoms with Crippen LogP contribution in [0.3, 0.4) is 0 Å². The van der Waals surface area contributed by atoms with Crippen LogP contribution in [0.2, 0.25) is 0 Å². The van der Waals surface area contributed by atoms with Crippen molar-refractivity contribution in [2.45, 2.75) is 13.0 Å². The summed E-state index contributed by atoms with van der Waals surface area (Å²) in [5.74, 6) is 0.644. The van der Waals surface area contributed by atoms with Crippen LogP contribution >= 0.6 is 0 Å². The molecule has 0 aliphatic rings. The van der Waals surface area contributed by atoms with E-state index in [2.05, 4.69) is 10.3 Å². The summed E-state index contributed by atoms with van der Waals surface area (Å²) in [5.41, 5.74) is 2.33. The number of aromatic nitrogens is 2. The summed E-state index contributed by atoms with van der Waals surface area (Å²) in [4.78, 5) is 16.8. The van der Waals surface area contributed by atoms with Gasteiger partial charge in [0.1, 0.15) is 11.4 Å². The number of nitrogens with zero attached hydrogens (tertiary/aromatic N) is 2. The molecule has 0 aliphatic heterocycles. The molecule has 3 aromatic rings. The van der Waals surface area contributed by atoms with Crippen LogP contribution in [0.4, 0.5) is 0 Å². The Kier molecular flexibility index (Phi) is 5.30. The number of carbonyl (C=O) groups is 1. The minimum absolute atomic E-state index is 0.161. The highest BCUT2D eigenvalue weighted by Crippen LogP contribution is 2.19. The minimum Gasteiger partial charge on any atom is -0.494 e. The molecule has 0 saturated carbocycles. The number of benzene rings is 1. The van der Waals surface area contributed by atoms with Crippen LogP contribution in [-0.4, -0.2) is 35.6 Å². The van der Waals surface area contributed by atoms with E-state index in [1.54, 1.807) is 25.6 Å². The average molecular weight is 339 g/mol. The summed E-state index contributed by atoms with van der Waals surface area (Å²) in [5, 5.41) is 3.02. The first-order valence-electron chi connectivity index (χ1n) is 8.16. The average Bonchev–Trinajstić information content (AvgIpc) is 3.10. The van der Waals surface area contributed by atoms with Gasteiger partial charge in [0, 0.05) is 25.7 Å². The number of hydrogen-bond acceptors (Lipinski definition) is 4. The van der Waals surface area contributed by atoms with Crippen molar-refractivity contribution in [3.05, 3.63) is 66.1 Å². The van der Waals surface area contributed by atoms with Gasteiger partial charge in [-0.1, -0.05) is 12.1 Å². The normalized spacial score (nSPS) is 12.1. The number of amides is 1. The molecule has 0 bridgehead atoms. The second-order valence-corrected chi connectivity index (χ2v) is 5.59. The smallest absolute Gasteiger partial charge is 0.253 e. The van der Waals surface area contributed by atoms with E-state index in [9.17, 15) is 4.79 Å². The Morgan fingerprint density at radius 3 is 2.76 bits per heavy atom. The van der Waals surface area contributed by atoms with Crippen LogP contribution in [0, 0.1) is 0 Å². The second kappa shape index (κ2) is 7.81. The molecule has 1 amide bonds. The number of methoxy groups -OCH3 is 1. The predicted molar refractivity (Wildman–Crippen MR) is 94.9 cm³/mol. The molecule has 0 aliphatic carbocycles. The van der Waals surface area contributed by atoms with Crippen molar-refractivity contribution >= 4 is 11.6 Å². The Morgan fingerprint density at radius 2 is 2.04 bits per heavy atom. The molecule has 6 nitrogen and oxygen atoms in total. The molecule has 1 atom stereocenters. The molecule has 130 valence electrons. The van der Waals surface area contributed by atoms with Gasteiger partial charge < -0.3 is 19.2 Å². The second-order valence-electron chi connectivity index (χ2n) is 5.59. The van der Waals surface area contributed by atoms with Gasteiger partial charge in [0.15, 0.2) is 0 Å². The minimum atomic E-state index is -0.244. The molecular weight excluding hydrogens is 318 g/mol. The zero-order chi connectivity index (χ0) is 17.6. The standard InChI is InChI=1S/C19H21N3O3/c1-3-25-16-7-4-14(5-8-16)17(13-24-2)21-19(23)15-6-9-18-20-10-11-22(18)12-15/h4-12,17H,3,13H2,1-2H3,(H,21,23)/t17-/m0/s1. The summed E-state index contributed by atoms with van der Waals surface area (Å²) >= 11 is 0. The zero-order valence-corrected chi connectivity index (χ0v) is 14.3. The van der Waals surface area contributed by atoms with E-state index in [0.717, 1.165) is 17.0 Å². The summed E-state index contributed by atoms with van der Waals surface area (Å²) < 4.78 is 12.5. The van der Waals surface area contributed by atoms with E-state index in [4.69, 9.17) is 9.47 Å². The maximum absolute atomic E-state index is 12.6. The summed E-state index contributed by atoms with van der Waals surface area (Å²) in [7, 11) is 1.62. The van der Waals surface area contributed by atoms with Crippen LogP contribution in [-0.2, 0) is 4.74 Å². The number of hydrogen-bond donors (Lipinski definition) is 1. The van der Waals surface area contributed by atoms with Gasteiger partial charge in [-0.2, -0.15) is 0 Å². The number of nitrogens with one attached hydrogen (secondary N) is 1. The number of imidazole rings is 1. The van der Waals surface area contributed by atoms with Crippen LogP contribution in [0.5, 0.6) is 5.75 Å². The van der Waals surface area contributed by atoms with Crippen LogP contribution < -0.4 is 10.1 Å². The highest BCUT2D eigenvalue weighted by atomic mass is 16.5. The first-order valence-corrected chi connectivity index (χ1v) is 8.16. The van der Waals surface area contributed by atoms with Crippen molar-refractivity contribution < 1.29 is 14.3 Å². The molecule has 1 aromatic carbocycles. The summed E-state index contributed by atoms with van der Waals surface area (Å²) in [6.45, 7) is 2.94. The summed E-state index contributed by atoms with van der Waals surface area (Å²) in [6, 6.07) is 11.0. The maximum Gasteiger partial charge on any atom is 0.253 e. The fourth-order valence-corrected chi connectivity index (χ4v) is 2.65. The van der Waals surface area contributed by atoms with Gasteiger partial charge in [0.05, 0.1) is 24.8 Å². The molecule has 0 spiro atoms. The molecule has 2 heterocycles. The lowest BCUT2D eigenvalue weighted by atomic mass is 10.1. The Balaban J connectivity index is 1.76. The van der Waals surface area contributed by atoms with E-state index >= 15 is 0 Å².